The Labute approximate surface area is 159 Å². The van der Waals surface area contributed by atoms with Gasteiger partial charge in [-0.05, 0) is 31.9 Å². The molecule has 8 nitrogen and oxygen atoms in total. The van der Waals surface area contributed by atoms with Gasteiger partial charge in [-0.15, -0.1) is 0 Å². The molecule has 0 radical (unpaired) electrons. The number of carboxylic acid groups (broad SMARTS) is 1. The third-order valence-electron chi connectivity index (χ3n) is 4.40. The molecule has 1 saturated heterocycles. The van der Waals surface area contributed by atoms with Crippen molar-refractivity contribution in [3.05, 3.63) is 28.8 Å². The van der Waals surface area contributed by atoms with E-state index in [1.807, 2.05) is 19.1 Å². The number of aliphatic carboxylic acids is 1. The molecular formula is C18H26N2O6S. The summed E-state index contributed by atoms with van der Waals surface area (Å²) in [6, 6.07) is 3.62. The number of carbonyl (C=O) groups excluding carboxylic acids is 1. The molecule has 1 aliphatic heterocycles. The molecule has 1 unspecified atom stereocenters. The van der Waals surface area contributed by atoms with E-state index in [0.717, 1.165) is 5.56 Å². The summed E-state index contributed by atoms with van der Waals surface area (Å²) < 4.78 is 33.0. The third-order valence-corrected chi connectivity index (χ3v) is 6.16. The number of hydrogen-bond acceptors (Lipinski definition) is 5. The molecule has 2 N–H and O–H groups in total. The number of sulfonamides is 1. The number of rotatable bonds is 7. The van der Waals surface area contributed by atoms with Crippen molar-refractivity contribution >= 4 is 21.9 Å². The summed E-state index contributed by atoms with van der Waals surface area (Å²) in [5, 5.41) is 8.83. The highest BCUT2D eigenvalue weighted by atomic mass is 32.2. The average molecular weight is 398 g/mol. The molecule has 1 aromatic carbocycles. The van der Waals surface area contributed by atoms with Crippen LogP contribution in [0.5, 0.6) is 0 Å². The molecular weight excluding hydrogens is 372 g/mol. The molecule has 0 bridgehead atoms. The molecule has 0 saturated carbocycles. The summed E-state index contributed by atoms with van der Waals surface area (Å²) >= 11 is 0. The van der Waals surface area contributed by atoms with Crippen LogP contribution in [0.3, 0.4) is 0 Å². The Morgan fingerprint density at radius 3 is 2.48 bits per heavy atom. The van der Waals surface area contributed by atoms with Crippen molar-refractivity contribution in [1.29, 1.82) is 0 Å². The van der Waals surface area contributed by atoms with E-state index in [0.29, 0.717) is 17.7 Å². The first-order chi connectivity index (χ1) is 12.6. The Hall–Kier alpha value is -1.97. The number of ether oxygens (including phenoxy) is 1. The van der Waals surface area contributed by atoms with Crippen LogP contribution in [0.15, 0.2) is 17.0 Å². The SMILES string of the molecule is Cc1cc(C)c(S(=O)(=O)NCCC(=O)N2CCOC(CC(=O)O)C2)c(C)c1. The number of aryl methyl sites for hydroxylation is 3. The van der Waals surface area contributed by atoms with Crippen LogP contribution >= 0.6 is 0 Å². The highest BCUT2D eigenvalue weighted by Crippen LogP contribution is 2.21. The molecule has 1 amide bonds. The maximum atomic E-state index is 12.6. The molecule has 150 valence electrons. The summed E-state index contributed by atoms with van der Waals surface area (Å²) in [7, 11) is -3.71. The number of nitrogens with one attached hydrogen (secondary N) is 1. The summed E-state index contributed by atoms with van der Waals surface area (Å²) in [5.41, 5.74) is 2.31. The number of nitrogens with zero attached hydrogens (tertiary/aromatic N) is 1. The van der Waals surface area contributed by atoms with E-state index in [1.54, 1.807) is 13.8 Å². The zero-order chi connectivity index (χ0) is 20.2. The molecule has 9 heteroatoms. The molecule has 0 spiro atoms. The minimum atomic E-state index is -3.71. The average Bonchev–Trinajstić information content (AvgIpc) is 2.52. The van der Waals surface area contributed by atoms with Crippen LogP contribution in [0.25, 0.3) is 0 Å². The molecule has 1 atom stereocenters. The van der Waals surface area contributed by atoms with E-state index < -0.39 is 22.1 Å². The zero-order valence-corrected chi connectivity index (χ0v) is 16.6. The van der Waals surface area contributed by atoms with Gasteiger partial charge in [-0.1, -0.05) is 17.7 Å². The summed E-state index contributed by atoms with van der Waals surface area (Å²) in [6.07, 6.45) is -0.694. The minimum Gasteiger partial charge on any atom is -0.481 e. The maximum absolute atomic E-state index is 12.6. The molecule has 1 fully saturated rings. The molecule has 27 heavy (non-hydrogen) atoms. The fourth-order valence-corrected chi connectivity index (χ4v) is 4.86. The summed E-state index contributed by atoms with van der Waals surface area (Å²) in [5.74, 6) is -1.21. The minimum absolute atomic E-state index is 0.00295. The maximum Gasteiger partial charge on any atom is 0.306 e. The van der Waals surface area contributed by atoms with Gasteiger partial charge in [0.15, 0.2) is 0 Å². The van der Waals surface area contributed by atoms with Crippen molar-refractivity contribution in [1.82, 2.24) is 9.62 Å². The highest BCUT2D eigenvalue weighted by Gasteiger charge is 2.26. The Bertz CT molecular complexity index is 798. The molecule has 0 aliphatic carbocycles. The number of morpholine rings is 1. The number of amides is 1. The van der Waals surface area contributed by atoms with Gasteiger partial charge in [-0.2, -0.15) is 0 Å². The van der Waals surface area contributed by atoms with Crippen LogP contribution in [0.4, 0.5) is 0 Å². The van der Waals surface area contributed by atoms with Gasteiger partial charge in [-0.25, -0.2) is 13.1 Å². The topological polar surface area (TPSA) is 113 Å². The van der Waals surface area contributed by atoms with Crippen molar-refractivity contribution in [3.8, 4) is 0 Å². The van der Waals surface area contributed by atoms with Crippen LogP contribution in [0, 0.1) is 20.8 Å². The van der Waals surface area contributed by atoms with Gasteiger partial charge in [0.2, 0.25) is 15.9 Å². The predicted molar refractivity (Wildman–Crippen MR) is 99.0 cm³/mol. The van der Waals surface area contributed by atoms with Crippen molar-refractivity contribution in [3.63, 3.8) is 0 Å². The van der Waals surface area contributed by atoms with Crippen LogP contribution in [-0.2, 0) is 24.3 Å². The second-order valence-electron chi connectivity index (χ2n) is 6.81. The first kappa shape index (κ1) is 21.3. The lowest BCUT2D eigenvalue weighted by Gasteiger charge is -2.32. The smallest absolute Gasteiger partial charge is 0.306 e. The molecule has 1 aromatic rings. The van der Waals surface area contributed by atoms with Crippen LogP contribution in [-0.4, -0.2) is 62.6 Å². The first-order valence-electron chi connectivity index (χ1n) is 8.79. The largest absolute Gasteiger partial charge is 0.481 e. The van der Waals surface area contributed by atoms with E-state index in [4.69, 9.17) is 9.84 Å². The lowest BCUT2D eigenvalue weighted by Crippen LogP contribution is -2.47. The number of benzene rings is 1. The normalized spacial score (nSPS) is 17.7. The zero-order valence-electron chi connectivity index (χ0n) is 15.8. The predicted octanol–water partition coefficient (Wildman–Crippen LogP) is 0.982. The highest BCUT2D eigenvalue weighted by molar-refractivity contribution is 7.89. The summed E-state index contributed by atoms with van der Waals surface area (Å²) in [6.45, 7) is 6.23. The Balaban J connectivity index is 1.93. The van der Waals surface area contributed by atoms with E-state index in [2.05, 4.69) is 4.72 Å². The van der Waals surface area contributed by atoms with E-state index in [9.17, 15) is 18.0 Å². The van der Waals surface area contributed by atoms with Crippen LogP contribution in [0.1, 0.15) is 29.5 Å². The Kier molecular flexibility index (Phi) is 6.96. The van der Waals surface area contributed by atoms with Crippen molar-refractivity contribution < 1.29 is 27.9 Å². The second kappa shape index (κ2) is 8.81. The molecule has 0 aromatic heterocycles. The molecule has 2 rings (SSSR count). The van der Waals surface area contributed by atoms with Gasteiger partial charge in [0.25, 0.3) is 0 Å². The monoisotopic (exact) mass is 398 g/mol. The third kappa shape index (κ3) is 5.75. The molecule has 1 aliphatic rings. The first-order valence-corrected chi connectivity index (χ1v) is 10.3. The van der Waals surface area contributed by atoms with Crippen molar-refractivity contribution in [2.75, 3.05) is 26.2 Å². The lowest BCUT2D eigenvalue weighted by molar-refractivity contribution is -0.147. The summed E-state index contributed by atoms with van der Waals surface area (Å²) in [4.78, 5) is 24.9. The number of hydrogen-bond donors (Lipinski definition) is 2. The molecule has 1 heterocycles. The Morgan fingerprint density at radius 1 is 1.26 bits per heavy atom. The standard InChI is InChI=1S/C18H26N2O6S/c1-12-8-13(2)18(14(3)9-12)27(24,25)19-5-4-16(21)20-6-7-26-15(11-20)10-17(22)23/h8-9,15,19H,4-7,10-11H2,1-3H3,(H,22,23). The van der Waals surface area contributed by atoms with E-state index in [1.165, 1.54) is 4.90 Å². The lowest BCUT2D eigenvalue weighted by atomic mass is 10.1. The number of carbonyl (C=O) groups is 2. The quantitative estimate of drug-likeness (QED) is 0.708. The fourth-order valence-electron chi connectivity index (χ4n) is 3.38. The van der Waals surface area contributed by atoms with Crippen molar-refractivity contribution in [2.45, 2.75) is 44.6 Å². The van der Waals surface area contributed by atoms with Gasteiger partial charge in [0, 0.05) is 26.1 Å². The van der Waals surface area contributed by atoms with Gasteiger partial charge >= 0.3 is 5.97 Å². The van der Waals surface area contributed by atoms with Gasteiger partial charge in [0.05, 0.1) is 24.0 Å². The van der Waals surface area contributed by atoms with Crippen LogP contribution in [0.2, 0.25) is 0 Å². The number of carboxylic acids is 1. The van der Waals surface area contributed by atoms with E-state index in [-0.39, 0.29) is 43.3 Å². The van der Waals surface area contributed by atoms with Crippen LogP contribution < -0.4 is 4.72 Å². The Morgan fingerprint density at radius 2 is 1.89 bits per heavy atom. The fraction of sp³-hybridized carbons (Fsp3) is 0.556. The second-order valence-corrected chi connectivity index (χ2v) is 8.51. The van der Waals surface area contributed by atoms with E-state index >= 15 is 0 Å². The van der Waals surface area contributed by atoms with Gasteiger partial charge in [-0.3, -0.25) is 9.59 Å². The van der Waals surface area contributed by atoms with Crippen molar-refractivity contribution in [2.24, 2.45) is 0 Å². The van der Waals surface area contributed by atoms with Gasteiger partial charge in [0.1, 0.15) is 0 Å². The van der Waals surface area contributed by atoms with Gasteiger partial charge < -0.3 is 14.7 Å².